The molecule has 2 heterocycles. The van der Waals surface area contributed by atoms with E-state index < -0.39 is 9.84 Å². The van der Waals surface area contributed by atoms with Gasteiger partial charge in [0.05, 0.1) is 28.6 Å². The first-order valence-corrected chi connectivity index (χ1v) is 7.42. The molecule has 0 unspecified atom stereocenters. The first-order valence-electron chi connectivity index (χ1n) is 5.60. The maximum absolute atomic E-state index is 11.7. The molecule has 3 rings (SSSR count). The predicted molar refractivity (Wildman–Crippen MR) is 69.0 cm³/mol. The molecule has 1 aromatic heterocycles. The monoisotopic (exact) mass is 263 g/mol. The van der Waals surface area contributed by atoms with Crippen LogP contribution in [-0.4, -0.2) is 18.2 Å². The van der Waals surface area contributed by atoms with Gasteiger partial charge < -0.3 is 5.73 Å². The molecule has 0 bridgehead atoms. The Morgan fingerprint density at radius 1 is 1.22 bits per heavy atom. The van der Waals surface area contributed by atoms with Gasteiger partial charge in [-0.2, -0.15) is 5.10 Å². The standard InChI is InChI=1S/C12H13N3O2S/c1-8-11-6-18(16,17)7-12(11)15(14-8)10-4-2-9(13)3-5-10/h2-5H,6-7,13H2,1H3. The molecule has 0 amide bonds. The lowest BCUT2D eigenvalue weighted by atomic mass is 10.2. The van der Waals surface area contributed by atoms with Gasteiger partial charge in [-0.1, -0.05) is 0 Å². The number of benzene rings is 1. The maximum atomic E-state index is 11.7. The lowest BCUT2D eigenvalue weighted by molar-refractivity contribution is 0.596. The van der Waals surface area contributed by atoms with Crippen molar-refractivity contribution in [2.75, 3.05) is 5.73 Å². The number of hydrogen-bond donors (Lipinski definition) is 1. The summed E-state index contributed by atoms with van der Waals surface area (Å²) in [6.45, 7) is 1.84. The Morgan fingerprint density at radius 2 is 1.89 bits per heavy atom. The lowest BCUT2D eigenvalue weighted by Crippen LogP contribution is -2.05. The first kappa shape index (κ1) is 11.3. The summed E-state index contributed by atoms with van der Waals surface area (Å²) in [5.41, 5.74) is 9.55. The van der Waals surface area contributed by atoms with Crippen molar-refractivity contribution in [1.29, 1.82) is 0 Å². The smallest absolute Gasteiger partial charge is 0.160 e. The van der Waals surface area contributed by atoms with E-state index in [1.165, 1.54) is 0 Å². The highest BCUT2D eigenvalue weighted by Gasteiger charge is 2.31. The number of aryl methyl sites for hydroxylation is 1. The Labute approximate surface area is 105 Å². The van der Waals surface area contributed by atoms with Gasteiger partial charge in [0.2, 0.25) is 0 Å². The normalized spacial score (nSPS) is 16.7. The van der Waals surface area contributed by atoms with Gasteiger partial charge in [-0.3, -0.25) is 0 Å². The van der Waals surface area contributed by atoms with Crippen LogP contribution >= 0.6 is 0 Å². The topological polar surface area (TPSA) is 78.0 Å². The van der Waals surface area contributed by atoms with Crippen LogP contribution in [0.2, 0.25) is 0 Å². The summed E-state index contributed by atoms with van der Waals surface area (Å²) in [6, 6.07) is 7.24. The fourth-order valence-electron chi connectivity index (χ4n) is 2.25. The zero-order chi connectivity index (χ0) is 12.9. The van der Waals surface area contributed by atoms with Crippen molar-refractivity contribution in [2.45, 2.75) is 18.4 Å². The molecule has 18 heavy (non-hydrogen) atoms. The average molecular weight is 263 g/mol. The number of nitrogens with two attached hydrogens (primary N) is 1. The number of nitrogen functional groups attached to an aromatic ring is 1. The first-order chi connectivity index (χ1) is 8.46. The molecule has 0 aliphatic carbocycles. The van der Waals surface area contributed by atoms with Crippen LogP contribution in [0.3, 0.4) is 0 Å². The van der Waals surface area contributed by atoms with Gasteiger partial charge in [0.25, 0.3) is 0 Å². The number of nitrogens with zero attached hydrogens (tertiary/aromatic N) is 2. The van der Waals surface area contributed by atoms with Crippen molar-refractivity contribution in [3.63, 3.8) is 0 Å². The van der Waals surface area contributed by atoms with Gasteiger partial charge >= 0.3 is 0 Å². The zero-order valence-corrected chi connectivity index (χ0v) is 10.7. The van der Waals surface area contributed by atoms with E-state index in [0.29, 0.717) is 5.69 Å². The molecule has 2 N–H and O–H groups in total. The summed E-state index contributed by atoms with van der Waals surface area (Å²) >= 11 is 0. The van der Waals surface area contributed by atoms with Gasteiger partial charge in [-0.25, -0.2) is 13.1 Å². The third kappa shape index (κ3) is 1.69. The SMILES string of the molecule is Cc1nn(-c2ccc(N)cc2)c2c1CS(=O)(=O)C2. The predicted octanol–water partition coefficient (Wildman–Crippen LogP) is 1.19. The minimum Gasteiger partial charge on any atom is -0.399 e. The number of anilines is 1. The molecular weight excluding hydrogens is 250 g/mol. The Hall–Kier alpha value is -1.82. The molecule has 1 aliphatic rings. The Morgan fingerprint density at radius 3 is 2.56 bits per heavy atom. The van der Waals surface area contributed by atoms with E-state index in [9.17, 15) is 8.42 Å². The molecule has 2 aromatic rings. The van der Waals surface area contributed by atoms with Crippen molar-refractivity contribution in [3.05, 3.63) is 41.2 Å². The Balaban J connectivity index is 2.16. The van der Waals surface area contributed by atoms with E-state index in [1.807, 2.05) is 19.1 Å². The van der Waals surface area contributed by atoms with Crippen molar-refractivity contribution in [2.24, 2.45) is 0 Å². The van der Waals surface area contributed by atoms with Gasteiger partial charge in [0, 0.05) is 11.3 Å². The second-order valence-electron chi connectivity index (χ2n) is 4.55. The lowest BCUT2D eigenvalue weighted by Gasteiger charge is -2.05. The minimum absolute atomic E-state index is 0.0630. The van der Waals surface area contributed by atoms with Gasteiger partial charge in [0.1, 0.15) is 0 Å². The van der Waals surface area contributed by atoms with E-state index in [1.54, 1.807) is 16.8 Å². The number of fused-ring (bicyclic) bond motifs is 1. The largest absolute Gasteiger partial charge is 0.399 e. The van der Waals surface area contributed by atoms with Crippen LogP contribution in [0.25, 0.3) is 5.69 Å². The van der Waals surface area contributed by atoms with Crippen LogP contribution in [0, 0.1) is 6.92 Å². The summed E-state index contributed by atoms with van der Waals surface area (Å²) in [5, 5.41) is 4.41. The number of aromatic nitrogens is 2. The van der Waals surface area contributed by atoms with Crippen molar-refractivity contribution < 1.29 is 8.42 Å². The summed E-state index contributed by atoms with van der Waals surface area (Å²) in [5.74, 6) is 0.163. The number of rotatable bonds is 1. The van der Waals surface area contributed by atoms with E-state index in [4.69, 9.17) is 5.73 Å². The average Bonchev–Trinajstić information content (AvgIpc) is 2.76. The van der Waals surface area contributed by atoms with E-state index in [-0.39, 0.29) is 11.5 Å². The molecule has 0 fully saturated rings. The second kappa shape index (κ2) is 3.58. The number of sulfone groups is 1. The van der Waals surface area contributed by atoms with Crippen LogP contribution in [0.15, 0.2) is 24.3 Å². The fourth-order valence-corrected chi connectivity index (χ4v) is 3.88. The van der Waals surface area contributed by atoms with Crippen LogP contribution in [0.4, 0.5) is 5.69 Å². The highest BCUT2D eigenvalue weighted by atomic mass is 32.2. The number of hydrogen-bond acceptors (Lipinski definition) is 4. The van der Waals surface area contributed by atoms with Crippen LogP contribution in [-0.2, 0) is 21.3 Å². The second-order valence-corrected chi connectivity index (χ2v) is 6.61. The van der Waals surface area contributed by atoms with E-state index in [0.717, 1.165) is 22.6 Å². The Bertz CT molecular complexity index is 715. The van der Waals surface area contributed by atoms with Gasteiger partial charge in [-0.05, 0) is 31.2 Å². The highest BCUT2D eigenvalue weighted by Crippen LogP contribution is 2.29. The van der Waals surface area contributed by atoms with Crippen LogP contribution in [0.5, 0.6) is 0 Å². The maximum Gasteiger partial charge on any atom is 0.160 e. The van der Waals surface area contributed by atoms with E-state index >= 15 is 0 Å². The molecule has 0 saturated carbocycles. The van der Waals surface area contributed by atoms with E-state index in [2.05, 4.69) is 5.10 Å². The molecule has 1 aliphatic heterocycles. The van der Waals surface area contributed by atoms with Crippen molar-refractivity contribution in [3.8, 4) is 5.69 Å². The molecule has 94 valence electrons. The molecule has 6 heteroatoms. The summed E-state index contributed by atoms with van der Waals surface area (Å²) in [6.07, 6.45) is 0. The van der Waals surface area contributed by atoms with Crippen molar-refractivity contribution in [1.82, 2.24) is 9.78 Å². The molecule has 0 spiro atoms. The third-order valence-corrected chi connectivity index (χ3v) is 4.59. The Kier molecular flexibility index (Phi) is 2.25. The minimum atomic E-state index is -3.01. The van der Waals surface area contributed by atoms with Crippen LogP contribution in [0.1, 0.15) is 17.0 Å². The van der Waals surface area contributed by atoms with Gasteiger partial charge in [0.15, 0.2) is 9.84 Å². The quantitative estimate of drug-likeness (QED) is 0.784. The summed E-state index contributed by atoms with van der Waals surface area (Å²) in [4.78, 5) is 0. The fraction of sp³-hybridized carbons (Fsp3) is 0.250. The molecule has 0 saturated heterocycles. The zero-order valence-electron chi connectivity index (χ0n) is 9.92. The van der Waals surface area contributed by atoms with Gasteiger partial charge in [-0.15, -0.1) is 0 Å². The molecule has 0 radical (unpaired) electrons. The highest BCUT2D eigenvalue weighted by molar-refractivity contribution is 7.90. The molecule has 5 nitrogen and oxygen atoms in total. The summed E-state index contributed by atoms with van der Waals surface area (Å²) in [7, 11) is -3.01. The molecular formula is C12H13N3O2S. The summed E-state index contributed by atoms with van der Waals surface area (Å²) < 4.78 is 25.1. The molecule has 0 atom stereocenters. The molecule has 1 aromatic carbocycles. The third-order valence-electron chi connectivity index (χ3n) is 3.15. The van der Waals surface area contributed by atoms with Crippen molar-refractivity contribution >= 4 is 15.5 Å². The van der Waals surface area contributed by atoms with Crippen LogP contribution < -0.4 is 5.73 Å².